The van der Waals surface area contributed by atoms with Crippen LogP contribution in [-0.4, -0.2) is 38.5 Å². The Morgan fingerprint density at radius 3 is 2.89 bits per heavy atom. The molecule has 0 bridgehead atoms. The topological polar surface area (TPSA) is 59.0 Å². The maximum absolute atomic E-state index is 5.98. The Kier molecular flexibility index (Phi) is 6.50. The second kappa shape index (κ2) is 9.04. The predicted molar refractivity (Wildman–Crippen MR) is 109 cm³/mol. The first kappa shape index (κ1) is 19.4. The first-order chi connectivity index (χ1) is 13.0. The van der Waals surface area contributed by atoms with Crippen LogP contribution in [0.2, 0.25) is 0 Å². The Hall–Kier alpha value is -2.34. The Morgan fingerprint density at radius 1 is 1.26 bits per heavy atom. The second-order valence-electron chi connectivity index (χ2n) is 7.68. The number of H-pyrrole nitrogens is 1. The predicted octanol–water partition coefficient (Wildman–Crippen LogP) is 4.23. The molecule has 6 heteroatoms. The normalized spacial score (nSPS) is 11.8. The van der Waals surface area contributed by atoms with E-state index in [4.69, 9.17) is 4.74 Å². The van der Waals surface area contributed by atoms with Crippen molar-refractivity contribution < 1.29 is 4.74 Å². The van der Waals surface area contributed by atoms with Crippen molar-refractivity contribution in [3.05, 3.63) is 41.9 Å². The standard InChI is InChI=1S/C21H31N5O/c1-5-6-10-25(4)14-21-19-12-18(7-8-20(19)22-23-21)27-15-17-9-11-26(24-17)13-16(2)3/h7-9,11-12,16H,5-6,10,13-15H2,1-4H3,(H,22,23). The molecular formula is C21H31N5O. The maximum Gasteiger partial charge on any atom is 0.132 e. The molecule has 0 spiro atoms. The number of rotatable bonds is 10. The summed E-state index contributed by atoms with van der Waals surface area (Å²) in [5.74, 6) is 1.43. The number of aromatic amines is 1. The molecule has 0 saturated carbocycles. The summed E-state index contributed by atoms with van der Waals surface area (Å²) >= 11 is 0. The van der Waals surface area contributed by atoms with Gasteiger partial charge in [-0.3, -0.25) is 9.78 Å². The van der Waals surface area contributed by atoms with Crippen LogP contribution >= 0.6 is 0 Å². The van der Waals surface area contributed by atoms with Gasteiger partial charge in [-0.05, 0) is 50.2 Å². The number of hydrogen-bond acceptors (Lipinski definition) is 4. The zero-order chi connectivity index (χ0) is 19.2. The van der Waals surface area contributed by atoms with Crippen LogP contribution in [0.25, 0.3) is 10.9 Å². The molecule has 2 heterocycles. The molecule has 146 valence electrons. The van der Waals surface area contributed by atoms with E-state index in [1.807, 2.05) is 29.1 Å². The largest absolute Gasteiger partial charge is 0.487 e. The first-order valence-electron chi connectivity index (χ1n) is 9.85. The minimum atomic E-state index is 0.472. The molecule has 1 aromatic carbocycles. The lowest BCUT2D eigenvalue weighted by Gasteiger charge is -2.15. The van der Waals surface area contributed by atoms with Gasteiger partial charge in [0, 0.05) is 24.7 Å². The van der Waals surface area contributed by atoms with Crippen molar-refractivity contribution in [3.63, 3.8) is 0 Å². The number of hydrogen-bond donors (Lipinski definition) is 1. The van der Waals surface area contributed by atoms with Crippen LogP contribution in [0.4, 0.5) is 0 Å². The fourth-order valence-electron chi connectivity index (χ4n) is 3.14. The van der Waals surface area contributed by atoms with Gasteiger partial charge in [0.2, 0.25) is 0 Å². The highest BCUT2D eigenvalue weighted by atomic mass is 16.5. The number of nitrogens with zero attached hydrogens (tertiary/aromatic N) is 4. The van der Waals surface area contributed by atoms with Crippen LogP contribution < -0.4 is 4.74 Å². The van der Waals surface area contributed by atoms with Gasteiger partial charge >= 0.3 is 0 Å². The molecule has 3 rings (SSSR count). The quantitative estimate of drug-likeness (QED) is 0.581. The van der Waals surface area contributed by atoms with Crippen LogP contribution in [0.1, 0.15) is 45.0 Å². The lowest BCUT2D eigenvalue weighted by molar-refractivity contribution is 0.299. The third-order valence-electron chi connectivity index (χ3n) is 4.56. The van der Waals surface area contributed by atoms with E-state index in [-0.39, 0.29) is 0 Å². The highest BCUT2D eigenvalue weighted by Gasteiger charge is 2.10. The molecule has 0 atom stereocenters. The molecule has 1 N–H and O–H groups in total. The van der Waals surface area contributed by atoms with E-state index in [9.17, 15) is 0 Å². The number of ether oxygens (including phenoxy) is 1. The highest BCUT2D eigenvalue weighted by Crippen LogP contribution is 2.23. The fourth-order valence-corrected chi connectivity index (χ4v) is 3.14. The molecule has 0 saturated heterocycles. The Morgan fingerprint density at radius 2 is 2.11 bits per heavy atom. The molecule has 0 aliphatic heterocycles. The van der Waals surface area contributed by atoms with Gasteiger partial charge in [0.05, 0.1) is 16.9 Å². The van der Waals surface area contributed by atoms with Gasteiger partial charge in [0.15, 0.2) is 0 Å². The summed E-state index contributed by atoms with van der Waals surface area (Å²) in [5.41, 5.74) is 3.06. The van der Waals surface area contributed by atoms with Gasteiger partial charge in [0.1, 0.15) is 12.4 Å². The van der Waals surface area contributed by atoms with Crippen molar-refractivity contribution in [2.24, 2.45) is 5.92 Å². The highest BCUT2D eigenvalue weighted by molar-refractivity contribution is 5.82. The lowest BCUT2D eigenvalue weighted by Crippen LogP contribution is -2.19. The number of nitrogens with one attached hydrogen (secondary N) is 1. The number of benzene rings is 1. The molecule has 3 aromatic rings. The third-order valence-corrected chi connectivity index (χ3v) is 4.56. The average Bonchev–Trinajstić information content (AvgIpc) is 3.24. The first-order valence-corrected chi connectivity index (χ1v) is 9.85. The summed E-state index contributed by atoms with van der Waals surface area (Å²) in [5, 5.41) is 13.3. The molecule has 0 aliphatic rings. The van der Waals surface area contributed by atoms with Crippen LogP contribution in [0.15, 0.2) is 30.5 Å². The van der Waals surface area contributed by atoms with E-state index in [1.54, 1.807) is 0 Å². The van der Waals surface area contributed by atoms with Gasteiger partial charge in [-0.1, -0.05) is 27.2 Å². The van der Waals surface area contributed by atoms with E-state index in [2.05, 4.69) is 54.1 Å². The molecule has 6 nitrogen and oxygen atoms in total. The van der Waals surface area contributed by atoms with Gasteiger partial charge in [0.25, 0.3) is 0 Å². The summed E-state index contributed by atoms with van der Waals surface area (Å²) in [6.07, 6.45) is 4.43. The van der Waals surface area contributed by atoms with Gasteiger partial charge in [-0.25, -0.2) is 0 Å². The minimum absolute atomic E-state index is 0.472. The van der Waals surface area contributed by atoms with Crippen LogP contribution in [0.5, 0.6) is 5.75 Å². The Bertz CT molecular complexity index is 851. The average molecular weight is 370 g/mol. The number of fused-ring (bicyclic) bond motifs is 1. The lowest BCUT2D eigenvalue weighted by atomic mass is 10.2. The van der Waals surface area contributed by atoms with Gasteiger partial charge in [-0.15, -0.1) is 0 Å². The van der Waals surface area contributed by atoms with E-state index in [1.165, 1.54) is 12.8 Å². The monoisotopic (exact) mass is 369 g/mol. The van der Waals surface area contributed by atoms with Crippen molar-refractivity contribution in [1.82, 2.24) is 24.9 Å². The minimum Gasteiger partial charge on any atom is -0.487 e. The van der Waals surface area contributed by atoms with E-state index < -0.39 is 0 Å². The Labute approximate surface area is 161 Å². The molecule has 0 fully saturated rings. The molecular weight excluding hydrogens is 338 g/mol. The van der Waals surface area contributed by atoms with Crippen molar-refractivity contribution in [2.45, 2.75) is 53.3 Å². The molecule has 0 radical (unpaired) electrons. The van der Waals surface area contributed by atoms with Gasteiger partial charge in [-0.2, -0.15) is 10.2 Å². The van der Waals surface area contributed by atoms with Crippen molar-refractivity contribution in [3.8, 4) is 5.75 Å². The summed E-state index contributed by atoms with van der Waals surface area (Å²) in [4.78, 5) is 2.32. The summed E-state index contributed by atoms with van der Waals surface area (Å²) in [6, 6.07) is 8.08. The van der Waals surface area contributed by atoms with Crippen LogP contribution in [0, 0.1) is 5.92 Å². The van der Waals surface area contributed by atoms with Gasteiger partial charge < -0.3 is 9.64 Å². The summed E-state index contributed by atoms with van der Waals surface area (Å²) in [7, 11) is 2.15. The fraction of sp³-hybridized carbons (Fsp3) is 0.524. The number of unbranched alkanes of at least 4 members (excludes halogenated alkanes) is 1. The second-order valence-corrected chi connectivity index (χ2v) is 7.68. The molecule has 0 amide bonds. The number of aromatic nitrogens is 4. The van der Waals surface area contributed by atoms with E-state index >= 15 is 0 Å². The van der Waals surface area contributed by atoms with Crippen molar-refractivity contribution in [1.29, 1.82) is 0 Å². The van der Waals surface area contributed by atoms with Crippen molar-refractivity contribution >= 4 is 10.9 Å². The Balaban J connectivity index is 1.65. The summed E-state index contributed by atoms with van der Waals surface area (Å²) < 4.78 is 7.96. The third kappa shape index (κ3) is 5.32. The van der Waals surface area contributed by atoms with E-state index in [0.717, 1.165) is 47.7 Å². The zero-order valence-corrected chi connectivity index (χ0v) is 16.9. The van der Waals surface area contributed by atoms with Crippen LogP contribution in [0.3, 0.4) is 0 Å². The molecule has 0 aliphatic carbocycles. The molecule has 0 unspecified atom stereocenters. The van der Waals surface area contributed by atoms with Crippen LogP contribution in [-0.2, 0) is 19.7 Å². The molecule has 2 aromatic heterocycles. The maximum atomic E-state index is 5.98. The SMILES string of the molecule is CCCCN(C)Cc1[nH]nc2ccc(OCc3ccn(CC(C)C)n3)cc12. The van der Waals surface area contributed by atoms with Crippen molar-refractivity contribution in [2.75, 3.05) is 13.6 Å². The van der Waals surface area contributed by atoms with E-state index in [0.29, 0.717) is 12.5 Å². The zero-order valence-electron chi connectivity index (χ0n) is 16.9. The molecule has 27 heavy (non-hydrogen) atoms. The smallest absolute Gasteiger partial charge is 0.132 e. The summed E-state index contributed by atoms with van der Waals surface area (Å²) in [6.45, 7) is 9.95.